The minimum Gasteiger partial charge on any atom is -0.394 e. The van der Waals surface area contributed by atoms with Gasteiger partial charge in [0.2, 0.25) is 11.9 Å². The Morgan fingerprint density at radius 2 is 1.91 bits per heavy atom. The largest absolute Gasteiger partial charge is 0.394 e. The van der Waals surface area contributed by atoms with Crippen LogP contribution in [0.4, 0.5) is 11.8 Å². The molecule has 0 saturated carbocycles. The molecule has 3 N–H and O–H groups in total. The molecular weight excluding hydrogens is 608 g/mol. The number of amides is 2. The molecule has 6 rings (SSSR count). The summed E-state index contributed by atoms with van der Waals surface area (Å²) in [5.41, 5.74) is 3.11. The average molecular weight is 649 g/mol. The van der Waals surface area contributed by atoms with Gasteiger partial charge in [0.25, 0.3) is 5.91 Å². The zero-order valence-electron chi connectivity index (χ0n) is 26.3. The SMILES string of the molecule is CCN1CCN(c2cccc(C(CO)NC(=O)C(C)N3Cc4ccc(-c5nc(NC6CCOCC6)ncc5Cl)cc4C3=O)n2)CC1. The molecule has 2 saturated heterocycles. The Morgan fingerprint density at radius 1 is 1.13 bits per heavy atom. The number of hydrogen-bond donors (Lipinski definition) is 3. The molecule has 46 heavy (non-hydrogen) atoms. The van der Waals surface area contributed by atoms with Gasteiger partial charge >= 0.3 is 0 Å². The smallest absolute Gasteiger partial charge is 0.255 e. The number of aliphatic hydroxyl groups is 1. The van der Waals surface area contributed by atoms with E-state index in [2.05, 4.69) is 37.3 Å². The van der Waals surface area contributed by atoms with Crippen LogP contribution in [0.25, 0.3) is 11.3 Å². The number of aliphatic hydroxyl groups excluding tert-OH is 1. The first-order chi connectivity index (χ1) is 22.3. The Bertz CT molecular complexity index is 1560. The first kappa shape index (κ1) is 32.1. The Balaban J connectivity index is 1.12. The molecule has 0 spiro atoms. The molecule has 244 valence electrons. The van der Waals surface area contributed by atoms with Crippen molar-refractivity contribution in [3.05, 3.63) is 64.4 Å². The van der Waals surface area contributed by atoms with Gasteiger partial charge < -0.3 is 35.2 Å². The van der Waals surface area contributed by atoms with Crippen molar-refractivity contribution in [3.8, 4) is 11.3 Å². The van der Waals surface area contributed by atoms with Crippen LogP contribution in [0.2, 0.25) is 5.02 Å². The van der Waals surface area contributed by atoms with Crippen molar-refractivity contribution in [2.75, 3.05) is 62.8 Å². The summed E-state index contributed by atoms with van der Waals surface area (Å²) >= 11 is 6.51. The van der Waals surface area contributed by atoms with Gasteiger partial charge in [-0.3, -0.25) is 9.59 Å². The molecule has 2 amide bonds. The molecule has 13 heteroatoms. The lowest BCUT2D eigenvalue weighted by molar-refractivity contribution is -0.126. The summed E-state index contributed by atoms with van der Waals surface area (Å²) in [6.07, 6.45) is 3.30. The summed E-state index contributed by atoms with van der Waals surface area (Å²) in [7, 11) is 0. The predicted molar refractivity (Wildman–Crippen MR) is 176 cm³/mol. The van der Waals surface area contributed by atoms with Gasteiger partial charge in [-0.15, -0.1) is 0 Å². The normalized spacial score (nSPS) is 18.7. The van der Waals surface area contributed by atoms with E-state index in [9.17, 15) is 14.7 Å². The van der Waals surface area contributed by atoms with Crippen molar-refractivity contribution in [2.45, 2.75) is 51.4 Å². The summed E-state index contributed by atoms with van der Waals surface area (Å²) in [6.45, 7) is 9.91. The van der Waals surface area contributed by atoms with E-state index in [-0.39, 0.29) is 24.5 Å². The number of nitrogens with one attached hydrogen (secondary N) is 2. The fourth-order valence-corrected chi connectivity index (χ4v) is 6.40. The third-order valence-corrected chi connectivity index (χ3v) is 9.39. The van der Waals surface area contributed by atoms with E-state index in [1.807, 2.05) is 24.3 Å². The van der Waals surface area contributed by atoms with E-state index < -0.39 is 12.1 Å². The van der Waals surface area contributed by atoms with E-state index in [0.29, 0.717) is 53.2 Å². The van der Waals surface area contributed by atoms with Crippen LogP contribution in [0.5, 0.6) is 0 Å². The zero-order valence-corrected chi connectivity index (χ0v) is 27.0. The maximum atomic E-state index is 13.6. The number of hydrogen-bond acceptors (Lipinski definition) is 10. The van der Waals surface area contributed by atoms with Gasteiger partial charge in [0.05, 0.1) is 35.3 Å². The van der Waals surface area contributed by atoms with Crippen LogP contribution < -0.4 is 15.5 Å². The molecule has 0 bridgehead atoms. The maximum absolute atomic E-state index is 13.6. The van der Waals surface area contributed by atoms with Crippen molar-refractivity contribution >= 4 is 35.2 Å². The Labute approximate surface area is 274 Å². The van der Waals surface area contributed by atoms with Crippen molar-refractivity contribution in [2.24, 2.45) is 0 Å². The summed E-state index contributed by atoms with van der Waals surface area (Å²) in [5, 5.41) is 16.9. The second-order valence-corrected chi connectivity index (χ2v) is 12.4. The quantitative estimate of drug-likeness (QED) is 0.301. The average Bonchev–Trinajstić information content (AvgIpc) is 3.43. The highest BCUT2D eigenvalue weighted by atomic mass is 35.5. The number of likely N-dealkylation sites (N-methyl/N-ethyl adjacent to an activating group) is 1. The monoisotopic (exact) mass is 648 g/mol. The topological polar surface area (TPSA) is 136 Å². The number of anilines is 2. The number of nitrogens with zero attached hydrogens (tertiary/aromatic N) is 6. The van der Waals surface area contributed by atoms with Crippen LogP contribution in [0, 0.1) is 0 Å². The molecule has 2 fully saturated rings. The molecular formula is C33H41ClN8O4. The molecule has 2 atom stereocenters. The zero-order chi connectivity index (χ0) is 32.2. The van der Waals surface area contributed by atoms with Crippen molar-refractivity contribution in [1.29, 1.82) is 0 Å². The first-order valence-corrected chi connectivity index (χ1v) is 16.4. The summed E-state index contributed by atoms with van der Waals surface area (Å²) in [4.78, 5) is 47.0. The van der Waals surface area contributed by atoms with Crippen LogP contribution in [0.15, 0.2) is 42.6 Å². The van der Waals surface area contributed by atoms with Crippen LogP contribution >= 0.6 is 11.6 Å². The molecule has 0 aliphatic carbocycles. The standard InChI is InChI=1S/C33H41ClN8O4/c1-3-40-11-13-41(14-12-40)29-6-4-5-27(37-29)28(20-43)38-31(44)21(2)42-19-23-8-7-22(17-25(23)32(42)45)30-26(34)18-35-33(39-30)36-24-9-15-46-16-10-24/h4-8,17-18,21,24,28,43H,3,9-16,19-20H2,1-2H3,(H,38,44)(H,35,36,39). The molecule has 3 aliphatic heterocycles. The highest BCUT2D eigenvalue weighted by Gasteiger charge is 2.35. The number of fused-ring (bicyclic) bond motifs is 1. The van der Waals surface area contributed by atoms with Crippen molar-refractivity contribution in [1.82, 2.24) is 30.1 Å². The van der Waals surface area contributed by atoms with Crippen molar-refractivity contribution in [3.63, 3.8) is 0 Å². The number of benzene rings is 1. The number of ether oxygens (including phenoxy) is 1. The fraction of sp³-hybridized carbons (Fsp3) is 0.485. The Kier molecular flexibility index (Phi) is 9.98. The van der Waals surface area contributed by atoms with E-state index >= 15 is 0 Å². The number of carbonyl (C=O) groups excluding carboxylic acids is 2. The number of rotatable bonds is 10. The number of halogens is 1. The Hall–Kier alpha value is -3.84. The Morgan fingerprint density at radius 3 is 2.65 bits per heavy atom. The number of piperazine rings is 1. The van der Waals surface area contributed by atoms with Gasteiger partial charge in [0, 0.05) is 63.1 Å². The van der Waals surface area contributed by atoms with Gasteiger partial charge in [-0.05, 0) is 50.1 Å². The van der Waals surface area contributed by atoms with Gasteiger partial charge in [-0.2, -0.15) is 0 Å². The summed E-state index contributed by atoms with van der Waals surface area (Å²) < 4.78 is 5.44. The van der Waals surface area contributed by atoms with Gasteiger partial charge in [-0.1, -0.05) is 36.7 Å². The van der Waals surface area contributed by atoms with Crippen LogP contribution in [-0.2, 0) is 16.1 Å². The predicted octanol–water partition coefficient (Wildman–Crippen LogP) is 3.12. The second-order valence-electron chi connectivity index (χ2n) is 12.0. The van der Waals surface area contributed by atoms with Crippen LogP contribution in [0.3, 0.4) is 0 Å². The van der Waals surface area contributed by atoms with Gasteiger partial charge in [-0.25, -0.2) is 15.0 Å². The minimum atomic E-state index is -0.777. The van der Waals surface area contributed by atoms with Crippen LogP contribution in [-0.4, -0.2) is 106 Å². The second kappa shape index (κ2) is 14.3. The maximum Gasteiger partial charge on any atom is 0.255 e. The van der Waals surface area contributed by atoms with Crippen molar-refractivity contribution < 1.29 is 19.4 Å². The third kappa shape index (κ3) is 6.95. The van der Waals surface area contributed by atoms with E-state index in [4.69, 9.17) is 21.3 Å². The molecule has 3 aliphatic rings. The fourth-order valence-electron chi connectivity index (χ4n) is 6.20. The van der Waals surface area contributed by atoms with Gasteiger partial charge in [0.1, 0.15) is 11.9 Å². The molecule has 5 heterocycles. The lowest BCUT2D eigenvalue weighted by atomic mass is 10.0. The number of aromatic nitrogens is 3. The molecule has 2 unspecified atom stereocenters. The van der Waals surface area contributed by atoms with Crippen LogP contribution in [0.1, 0.15) is 54.3 Å². The lowest BCUT2D eigenvalue weighted by Gasteiger charge is -2.35. The van der Waals surface area contributed by atoms with E-state index in [1.54, 1.807) is 25.3 Å². The first-order valence-electron chi connectivity index (χ1n) is 16.0. The van der Waals surface area contributed by atoms with E-state index in [1.165, 1.54) is 4.90 Å². The molecule has 2 aromatic heterocycles. The lowest BCUT2D eigenvalue weighted by Crippen LogP contribution is -2.47. The third-order valence-electron chi connectivity index (χ3n) is 9.12. The highest BCUT2D eigenvalue weighted by molar-refractivity contribution is 6.33. The molecule has 3 aromatic rings. The summed E-state index contributed by atoms with van der Waals surface area (Å²) in [6, 6.07) is 9.93. The number of carbonyl (C=O) groups is 2. The molecule has 12 nitrogen and oxygen atoms in total. The summed E-state index contributed by atoms with van der Waals surface area (Å²) in [5.74, 6) is 0.678. The highest BCUT2D eigenvalue weighted by Crippen LogP contribution is 2.32. The molecule has 0 radical (unpaired) electrons. The van der Waals surface area contributed by atoms with E-state index in [0.717, 1.165) is 56.9 Å². The minimum absolute atomic E-state index is 0.220. The number of pyridine rings is 1. The van der Waals surface area contributed by atoms with Gasteiger partial charge in [0.15, 0.2) is 0 Å². The molecule has 1 aromatic carbocycles.